The fourth-order valence-electron chi connectivity index (χ4n) is 1.30. The zero-order valence-electron chi connectivity index (χ0n) is 7.06. The molecule has 2 rings (SSSR count). The molecular weight excluding hydrogens is 166 g/mol. The number of rotatable bonds is 1. The molecule has 2 aromatic rings. The molecule has 0 amide bonds. The third-order valence-corrected chi connectivity index (χ3v) is 1.85. The van der Waals surface area contributed by atoms with E-state index in [0.717, 1.165) is 11.3 Å². The molecule has 0 aromatic carbocycles. The molecule has 0 aliphatic rings. The Bertz CT molecular complexity index is 495. The zero-order chi connectivity index (χ0) is 9.26. The van der Waals surface area contributed by atoms with Crippen molar-refractivity contribution in [2.75, 3.05) is 0 Å². The zero-order valence-corrected chi connectivity index (χ0v) is 7.06. The third-order valence-electron chi connectivity index (χ3n) is 1.85. The molecule has 64 valence electrons. The van der Waals surface area contributed by atoms with E-state index in [-0.39, 0.29) is 0 Å². The van der Waals surface area contributed by atoms with Crippen LogP contribution in [0.1, 0.15) is 5.69 Å². The maximum absolute atomic E-state index is 10.1. The summed E-state index contributed by atoms with van der Waals surface area (Å²) in [6, 6.07) is 5.40. The lowest BCUT2D eigenvalue weighted by Gasteiger charge is -1.98. The molecule has 4 heteroatoms. The number of aromatic nitrogens is 2. The van der Waals surface area contributed by atoms with E-state index < -0.39 is 0 Å². The Morgan fingerprint density at radius 1 is 1.54 bits per heavy atom. The van der Waals surface area contributed by atoms with Crippen molar-refractivity contribution in [3.63, 3.8) is 0 Å². The van der Waals surface area contributed by atoms with E-state index in [1.54, 1.807) is 22.7 Å². The molecule has 13 heavy (non-hydrogen) atoms. The van der Waals surface area contributed by atoms with Crippen molar-refractivity contribution in [3.05, 3.63) is 30.1 Å². The minimum atomic E-state index is 0.558. The molecular formula is C9H7N3O. The van der Waals surface area contributed by atoms with Crippen LogP contribution in [-0.4, -0.2) is 15.5 Å². The summed E-state index contributed by atoms with van der Waals surface area (Å²) in [7, 11) is 0. The molecule has 0 N–H and O–H groups in total. The highest BCUT2D eigenvalue weighted by Gasteiger charge is 2.01. The standard InChI is InChI=1S/C9H7N3O/c1-7-5-10-8-3-2-4-9(11-6-13)12(7)8/h2-5H,1H3. The van der Waals surface area contributed by atoms with Gasteiger partial charge in [0.1, 0.15) is 5.65 Å². The van der Waals surface area contributed by atoms with Gasteiger partial charge in [0.25, 0.3) is 0 Å². The minimum Gasteiger partial charge on any atom is -0.281 e. The van der Waals surface area contributed by atoms with Crippen molar-refractivity contribution in [3.8, 4) is 0 Å². The van der Waals surface area contributed by atoms with Crippen LogP contribution in [0.4, 0.5) is 5.82 Å². The number of aryl methyl sites for hydroxylation is 1. The first-order valence-electron chi connectivity index (χ1n) is 3.84. The monoisotopic (exact) mass is 173 g/mol. The van der Waals surface area contributed by atoms with Crippen LogP contribution in [0.15, 0.2) is 29.4 Å². The van der Waals surface area contributed by atoms with Crippen LogP contribution in [-0.2, 0) is 4.79 Å². The maximum Gasteiger partial charge on any atom is 0.242 e. The highest BCUT2D eigenvalue weighted by molar-refractivity contribution is 5.53. The molecule has 0 spiro atoms. The number of nitrogens with zero attached hydrogens (tertiary/aromatic N) is 3. The van der Waals surface area contributed by atoms with Crippen molar-refractivity contribution in [2.24, 2.45) is 4.99 Å². The van der Waals surface area contributed by atoms with Gasteiger partial charge >= 0.3 is 0 Å². The van der Waals surface area contributed by atoms with E-state index in [2.05, 4.69) is 9.98 Å². The molecule has 0 unspecified atom stereocenters. The molecule has 0 aliphatic heterocycles. The van der Waals surface area contributed by atoms with Gasteiger partial charge in [-0.1, -0.05) is 6.07 Å². The number of imidazole rings is 1. The number of isocyanates is 1. The predicted octanol–water partition coefficient (Wildman–Crippen LogP) is 1.61. The molecule has 2 heterocycles. The van der Waals surface area contributed by atoms with Crippen LogP contribution in [0.2, 0.25) is 0 Å². The Balaban J connectivity index is 2.87. The fourth-order valence-corrected chi connectivity index (χ4v) is 1.30. The lowest BCUT2D eigenvalue weighted by molar-refractivity contribution is 0.565. The first kappa shape index (κ1) is 7.71. The lowest BCUT2D eigenvalue weighted by Crippen LogP contribution is -1.87. The van der Waals surface area contributed by atoms with Crippen molar-refractivity contribution in [2.45, 2.75) is 6.92 Å². The first-order valence-corrected chi connectivity index (χ1v) is 3.84. The normalized spacial score (nSPS) is 9.92. The van der Waals surface area contributed by atoms with Gasteiger partial charge in [0.05, 0.1) is 0 Å². The summed E-state index contributed by atoms with van der Waals surface area (Å²) in [5.74, 6) is 0.558. The van der Waals surface area contributed by atoms with Crippen LogP contribution in [0, 0.1) is 6.92 Å². The van der Waals surface area contributed by atoms with Gasteiger partial charge in [0.15, 0.2) is 5.82 Å². The molecule has 0 saturated carbocycles. The molecule has 4 nitrogen and oxygen atoms in total. The summed E-state index contributed by atoms with van der Waals surface area (Å²) in [6.07, 6.45) is 3.25. The van der Waals surface area contributed by atoms with Gasteiger partial charge in [-0.3, -0.25) is 4.40 Å². The number of hydrogen-bond acceptors (Lipinski definition) is 3. The van der Waals surface area contributed by atoms with Crippen LogP contribution >= 0.6 is 0 Å². The van der Waals surface area contributed by atoms with Gasteiger partial charge in [0.2, 0.25) is 6.08 Å². The Morgan fingerprint density at radius 3 is 3.15 bits per heavy atom. The van der Waals surface area contributed by atoms with Gasteiger partial charge in [-0.15, -0.1) is 4.99 Å². The highest BCUT2D eigenvalue weighted by atomic mass is 16.1. The summed E-state index contributed by atoms with van der Waals surface area (Å²) in [5, 5.41) is 0. The molecule has 0 bridgehead atoms. The lowest BCUT2D eigenvalue weighted by atomic mass is 10.4. The van der Waals surface area contributed by atoms with Crippen molar-refractivity contribution in [1.82, 2.24) is 9.38 Å². The SMILES string of the molecule is Cc1cnc2cccc(N=C=O)n12. The quantitative estimate of drug-likeness (QED) is 0.485. The summed E-state index contributed by atoms with van der Waals surface area (Å²) >= 11 is 0. The number of hydrogen-bond donors (Lipinski definition) is 0. The minimum absolute atomic E-state index is 0.558. The summed E-state index contributed by atoms with van der Waals surface area (Å²) in [5.41, 5.74) is 1.73. The van der Waals surface area contributed by atoms with Crippen molar-refractivity contribution >= 4 is 17.5 Å². The van der Waals surface area contributed by atoms with Crippen LogP contribution < -0.4 is 0 Å². The maximum atomic E-state index is 10.1. The second-order valence-electron chi connectivity index (χ2n) is 2.68. The second kappa shape index (κ2) is 2.84. The molecule has 2 aromatic heterocycles. The van der Waals surface area contributed by atoms with Crippen LogP contribution in [0.3, 0.4) is 0 Å². The largest absolute Gasteiger partial charge is 0.281 e. The van der Waals surface area contributed by atoms with E-state index >= 15 is 0 Å². The van der Waals surface area contributed by atoms with Gasteiger partial charge in [-0.05, 0) is 19.1 Å². The number of aliphatic imine (C=N–C) groups is 1. The molecule has 0 fully saturated rings. The van der Waals surface area contributed by atoms with E-state index in [0.29, 0.717) is 5.82 Å². The van der Waals surface area contributed by atoms with Gasteiger partial charge in [-0.2, -0.15) is 0 Å². The third kappa shape index (κ3) is 1.13. The van der Waals surface area contributed by atoms with Gasteiger partial charge in [-0.25, -0.2) is 9.78 Å². The van der Waals surface area contributed by atoms with Crippen LogP contribution in [0.5, 0.6) is 0 Å². The highest BCUT2D eigenvalue weighted by Crippen LogP contribution is 2.16. The van der Waals surface area contributed by atoms with E-state index in [9.17, 15) is 4.79 Å². The number of pyridine rings is 1. The topological polar surface area (TPSA) is 46.7 Å². The van der Waals surface area contributed by atoms with Gasteiger partial charge in [0, 0.05) is 11.9 Å². The smallest absolute Gasteiger partial charge is 0.242 e. The van der Waals surface area contributed by atoms with E-state index in [1.807, 2.05) is 13.0 Å². The molecule has 0 radical (unpaired) electrons. The summed E-state index contributed by atoms with van der Waals surface area (Å²) < 4.78 is 1.80. The number of carbonyl (C=O) groups excluding carboxylic acids is 1. The first-order chi connectivity index (χ1) is 6.33. The average molecular weight is 173 g/mol. The van der Waals surface area contributed by atoms with Crippen molar-refractivity contribution in [1.29, 1.82) is 0 Å². The van der Waals surface area contributed by atoms with Gasteiger partial charge < -0.3 is 0 Å². The van der Waals surface area contributed by atoms with E-state index in [1.165, 1.54) is 6.08 Å². The summed E-state index contributed by atoms with van der Waals surface area (Å²) in [6.45, 7) is 1.91. The number of fused-ring (bicyclic) bond motifs is 1. The molecule has 0 atom stereocenters. The van der Waals surface area contributed by atoms with Crippen LogP contribution in [0.25, 0.3) is 5.65 Å². The molecule has 0 saturated heterocycles. The Morgan fingerprint density at radius 2 is 2.38 bits per heavy atom. The second-order valence-corrected chi connectivity index (χ2v) is 2.68. The van der Waals surface area contributed by atoms with Crippen molar-refractivity contribution < 1.29 is 4.79 Å². The fraction of sp³-hybridized carbons (Fsp3) is 0.111. The Labute approximate surface area is 74.6 Å². The predicted molar refractivity (Wildman–Crippen MR) is 47.7 cm³/mol. The summed E-state index contributed by atoms with van der Waals surface area (Å²) in [4.78, 5) is 17.8. The Hall–Kier alpha value is -1.93. The van der Waals surface area contributed by atoms with E-state index in [4.69, 9.17) is 0 Å². The molecule has 0 aliphatic carbocycles. The average Bonchev–Trinajstić information content (AvgIpc) is 2.50. The Kier molecular flexibility index (Phi) is 1.69.